The topological polar surface area (TPSA) is 95.5 Å². The van der Waals surface area contributed by atoms with Crippen molar-refractivity contribution in [2.75, 3.05) is 38.5 Å². The Labute approximate surface area is 156 Å². The molecule has 26 heavy (non-hydrogen) atoms. The van der Waals surface area contributed by atoms with Crippen LogP contribution < -0.4 is 5.32 Å². The second kappa shape index (κ2) is 7.78. The van der Waals surface area contributed by atoms with E-state index >= 15 is 0 Å². The van der Waals surface area contributed by atoms with Gasteiger partial charge in [0.15, 0.2) is 0 Å². The van der Waals surface area contributed by atoms with Crippen LogP contribution in [0.5, 0.6) is 0 Å². The molecular weight excluding hydrogens is 374 g/mol. The average Bonchev–Trinajstić information content (AvgIpc) is 3.10. The highest BCUT2D eigenvalue weighted by Gasteiger charge is 2.27. The summed E-state index contributed by atoms with van der Waals surface area (Å²) in [6.45, 7) is 4.32. The van der Waals surface area contributed by atoms with E-state index in [1.165, 1.54) is 39.9 Å². The van der Waals surface area contributed by atoms with Crippen LogP contribution in [0.2, 0.25) is 0 Å². The van der Waals surface area contributed by atoms with Gasteiger partial charge in [0.25, 0.3) is 5.91 Å². The quantitative estimate of drug-likeness (QED) is 0.820. The first-order chi connectivity index (χ1) is 12.4. The fourth-order valence-corrected chi connectivity index (χ4v) is 4.67. The lowest BCUT2D eigenvalue weighted by Gasteiger charge is -2.31. The predicted molar refractivity (Wildman–Crippen MR) is 99.9 cm³/mol. The summed E-state index contributed by atoms with van der Waals surface area (Å²) in [7, 11) is -1.56. The SMILES string of the molecule is CCc1nnc(NC(=O)c2ccc(S(=O)(=O)N3CCN(C)CC3)cc2)s1. The van der Waals surface area contributed by atoms with Crippen LogP contribution in [0.25, 0.3) is 0 Å². The highest BCUT2D eigenvalue weighted by molar-refractivity contribution is 7.89. The summed E-state index contributed by atoms with van der Waals surface area (Å²) >= 11 is 1.32. The first kappa shape index (κ1) is 18.9. The third kappa shape index (κ3) is 4.09. The molecule has 2 aromatic rings. The molecular formula is C16H21N5O3S2. The average molecular weight is 396 g/mol. The Morgan fingerprint density at radius 3 is 2.38 bits per heavy atom. The Morgan fingerprint density at radius 1 is 1.15 bits per heavy atom. The lowest BCUT2D eigenvalue weighted by Crippen LogP contribution is -2.47. The molecule has 1 amide bonds. The Morgan fingerprint density at radius 2 is 1.81 bits per heavy atom. The highest BCUT2D eigenvalue weighted by Crippen LogP contribution is 2.20. The number of hydrogen-bond acceptors (Lipinski definition) is 7. The van der Waals surface area contributed by atoms with Crippen LogP contribution in [0.15, 0.2) is 29.2 Å². The number of carbonyl (C=O) groups is 1. The van der Waals surface area contributed by atoms with E-state index in [1.54, 1.807) is 0 Å². The van der Waals surface area contributed by atoms with Crippen molar-refractivity contribution in [1.82, 2.24) is 19.4 Å². The van der Waals surface area contributed by atoms with E-state index in [0.29, 0.717) is 36.9 Å². The molecule has 0 saturated carbocycles. The summed E-state index contributed by atoms with van der Waals surface area (Å²) in [5, 5.41) is 11.8. The summed E-state index contributed by atoms with van der Waals surface area (Å²) in [6, 6.07) is 5.97. The van der Waals surface area contributed by atoms with E-state index in [-0.39, 0.29) is 10.8 Å². The van der Waals surface area contributed by atoms with Crippen LogP contribution in [-0.4, -0.2) is 67.0 Å². The molecule has 140 valence electrons. The van der Waals surface area contributed by atoms with Gasteiger partial charge in [-0.3, -0.25) is 10.1 Å². The predicted octanol–water partition coefficient (Wildman–Crippen LogP) is 1.29. The number of benzene rings is 1. The number of sulfonamides is 1. The third-order valence-electron chi connectivity index (χ3n) is 4.21. The van der Waals surface area contributed by atoms with Gasteiger partial charge in [0.2, 0.25) is 15.2 Å². The van der Waals surface area contributed by atoms with E-state index in [1.807, 2.05) is 14.0 Å². The zero-order valence-corrected chi connectivity index (χ0v) is 16.3. The van der Waals surface area contributed by atoms with E-state index in [0.717, 1.165) is 11.4 Å². The molecule has 1 aromatic heterocycles. The van der Waals surface area contributed by atoms with Crippen LogP contribution in [0.4, 0.5) is 5.13 Å². The Balaban J connectivity index is 1.70. The number of piperazine rings is 1. The molecule has 2 heterocycles. The van der Waals surface area contributed by atoms with Crippen LogP contribution in [0.3, 0.4) is 0 Å². The molecule has 0 bridgehead atoms. The molecule has 10 heteroatoms. The van der Waals surface area contributed by atoms with Gasteiger partial charge in [0, 0.05) is 31.7 Å². The van der Waals surface area contributed by atoms with Crippen LogP contribution >= 0.6 is 11.3 Å². The fraction of sp³-hybridized carbons (Fsp3) is 0.438. The standard InChI is InChI=1S/C16H21N5O3S2/c1-3-14-18-19-16(25-14)17-15(22)12-4-6-13(7-5-12)26(23,24)21-10-8-20(2)9-11-21/h4-7H,3,8-11H2,1-2H3,(H,17,19,22). The molecule has 0 atom stereocenters. The highest BCUT2D eigenvalue weighted by atomic mass is 32.2. The van der Waals surface area contributed by atoms with E-state index < -0.39 is 10.0 Å². The minimum atomic E-state index is -3.53. The molecule has 8 nitrogen and oxygen atoms in total. The number of carbonyl (C=O) groups excluding carboxylic acids is 1. The van der Waals surface area contributed by atoms with Gasteiger partial charge in [-0.25, -0.2) is 8.42 Å². The van der Waals surface area contributed by atoms with Gasteiger partial charge >= 0.3 is 0 Å². The van der Waals surface area contributed by atoms with Gasteiger partial charge in [-0.2, -0.15) is 4.31 Å². The number of likely N-dealkylation sites (N-methyl/N-ethyl adjacent to an activating group) is 1. The molecule has 0 radical (unpaired) electrons. The number of rotatable bonds is 5. The molecule has 1 aromatic carbocycles. The first-order valence-corrected chi connectivity index (χ1v) is 10.6. The lowest BCUT2D eigenvalue weighted by atomic mass is 10.2. The smallest absolute Gasteiger partial charge is 0.257 e. The molecule has 1 fully saturated rings. The summed E-state index contributed by atoms with van der Waals surface area (Å²) < 4.78 is 26.9. The second-order valence-electron chi connectivity index (χ2n) is 6.04. The molecule has 0 aliphatic carbocycles. The van der Waals surface area contributed by atoms with Gasteiger partial charge < -0.3 is 4.90 Å². The number of anilines is 1. The van der Waals surface area contributed by atoms with Gasteiger partial charge in [-0.05, 0) is 37.7 Å². The normalized spacial score (nSPS) is 16.5. The summed E-state index contributed by atoms with van der Waals surface area (Å²) in [4.78, 5) is 14.6. The molecule has 0 unspecified atom stereocenters. The van der Waals surface area contributed by atoms with Crippen molar-refractivity contribution in [2.24, 2.45) is 0 Å². The zero-order valence-electron chi connectivity index (χ0n) is 14.7. The van der Waals surface area contributed by atoms with Crippen molar-refractivity contribution in [2.45, 2.75) is 18.2 Å². The summed E-state index contributed by atoms with van der Waals surface area (Å²) in [6.07, 6.45) is 0.756. The van der Waals surface area contributed by atoms with Crippen molar-refractivity contribution < 1.29 is 13.2 Å². The number of amides is 1. The van der Waals surface area contributed by atoms with E-state index in [4.69, 9.17) is 0 Å². The minimum absolute atomic E-state index is 0.197. The van der Waals surface area contributed by atoms with Crippen LogP contribution in [0.1, 0.15) is 22.3 Å². The van der Waals surface area contributed by atoms with Crippen molar-refractivity contribution in [3.05, 3.63) is 34.8 Å². The Bertz CT molecular complexity index is 872. The molecule has 1 aliphatic rings. The van der Waals surface area contributed by atoms with Crippen molar-refractivity contribution >= 4 is 32.4 Å². The van der Waals surface area contributed by atoms with Crippen LogP contribution in [-0.2, 0) is 16.4 Å². The molecule has 3 rings (SSSR count). The Hall–Kier alpha value is -1.88. The molecule has 1 aliphatic heterocycles. The molecule has 0 spiro atoms. The minimum Gasteiger partial charge on any atom is -0.304 e. The number of aryl methyl sites for hydroxylation is 1. The molecule has 1 saturated heterocycles. The number of nitrogens with one attached hydrogen (secondary N) is 1. The zero-order chi connectivity index (χ0) is 18.7. The van der Waals surface area contributed by atoms with Crippen molar-refractivity contribution in [3.63, 3.8) is 0 Å². The molecule has 1 N–H and O–H groups in total. The van der Waals surface area contributed by atoms with Gasteiger partial charge in [-0.15, -0.1) is 10.2 Å². The maximum atomic E-state index is 12.7. The third-order valence-corrected chi connectivity index (χ3v) is 7.10. The lowest BCUT2D eigenvalue weighted by molar-refractivity contribution is 0.102. The van der Waals surface area contributed by atoms with Gasteiger partial charge in [0.1, 0.15) is 5.01 Å². The van der Waals surface area contributed by atoms with E-state index in [2.05, 4.69) is 20.4 Å². The largest absolute Gasteiger partial charge is 0.304 e. The van der Waals surface area contributed by atoms with Gasteiger partial charge in [0.05, 0.1) is 4.90 Å². The summed E-state index contributed by atoms with van der Waals surface area (Å²) in [5.41, 5.74) is 0.371. The summed E-state index contributed by atoms with van der Waals surface area (Å²) in [5.74, 6) is -0.340. The van der Waals surface area contributed by atoms with Crippen molar-refractivity contribution in [3.8, 4) is 0 Å². The maximum Gasteiger partial charge on any atom is 0.257 e. The van der Waals surface area contributed by atoms with Crippen LogP contribution in [0, 0.1) is 0 Å². The van der Waals surface area contributed by atoms with Gasteiger partial charge in [-0.1, -0.05) is 18.3 Å². The number of aromatic nitrogens is 2. The number of nitrogens with zero attached hydrogens (tertiary/aromatic N) is 4. The fourth-order valence-electron chi connectivity index (χ4n) is 2.57. The second-order valence-corrected chi connectivity index (χ2v) is 9.04. The first-order valence-electron chi connectivity index (χ1n) is 8.32. The van der Waals surface area contributed by atoms with E-state index in [9.17, 15) is 13.2 Å². The Kier molecular flexibility index (Phi) is 5.66. The number of hydrogen-bond donors (Lipinski definition) is 1. The monoisotopic (exact) mass is 395 g/mol. The van der Waals surface area contributed by atoms with Crippen molar-refractivity contribution in [1.29, 1.82) is 0 Å². The maximum absolute atomic E-state index is 12.7.